The van der Waals surface area contributed by atoms with Crippen molar-refractivity contribution >= 4 is 0 Å². The minimum atomic E-state index is 0.457. The molecule has 6 nitrogen and oxygen atoms in total. The molecule has 3 aromatic rings. The van der Waals surface area contributed by atoms with Gasteiger partial charge in [0.25, 0.3) is 5.89 Å². The van der Waals surface area contributed by atoms with Crippen molar-refractivity contribution in [3.05, 3.63) is 54.1 Å². The summed E-state index contributed by atoms with van der Waals surface area (Å²) in [4.78, 5) is 6.78. The van der Waals surface area contributed by atoms with Gasteiger partial charge in [0.05, 0.1) is 12.6 Å². The van der Waals surface area contributed by atoms with Crippen LogP contribution in [0.25, 0.3) is 11.5 Å². The van der Waals surface area contributed by atoms with Crippen LogP contribution in [0.3, 0.4) is 0 Å². The van der Waals surface area contributed by atoms with Gasteiger partial charge < -0.3 is 4.52 Å². The summed E-state index contributed by atoms with van der Waals surface area (Å²) in [5.74, 6) is 1.32. The van der Waals surface area contributed by atoms with Crippen molar-refractivity contribution in [3.63, 3.8) is 0 Å². The van der Waals surface area contributed by atoms with Gasteiger partial charge in [-0.25, -0.2) is 0 Å². The molecule has 2 aromatic heterocycles. The molecule has 4 rings (SSSR count). The predicted molar refractivity (Wildman–Crippen MR) is 81.0 cm³/mol. The van der Waals surface area contributed by atoms with Crippen LogP contribution < -0.4 is 0 Å². The molecule has 0 N–H and O–H groups in total. The Labute approximate surface area is 128 Å². The Bertz CT molecular complexity index is 758. The predicted octanol–water partition coefficient (Wildman–Crippen LogP) is 2.30. The molecule has 0 unspecified atom stereocenters. The van der Waals surface area contributed by atoms with Gasteiger partial charge in [-0.05, 0) is 25.1 Å². The highest BCUT2D eigenvalue weighted by molar-refractivity contribution is 5.53. The minimum Gasteiger partial charge on any atom is -0.334 e. The highest BCUT2D eigenvalue weighted by Gasteiger charge is 2.29. The standard InChI is InChI=1S/C16H17N5O/c1-12-4-2-5-13(8-12)16-18-15(19-22-16)11-20-9-14(10-20)21-7-3-6-17-21/h2-8,14H,9-11H2,1H3. The molecule has 0 saturated carbocycles. The summed E-state index contributed by atoms with van der Waals surface area (Å²) in [6.07, 6.45) is 3.82. The van der Waals surface area contributed by atoms with Crippen molar-refractivity contribution in [1.29, 1.82) is 0 Å². The second kappa shape index (κ2) is 5.38. The molecule has 1 fully saturated rings. The maximum Gasteiger partial charge on any atom is 0.257 e. The van der Waals surface area contributed by atoms with Gasteiger partial charge in [-0.1, -0.05) is 22.9 Å². The summed E-state index contributed by atoms with van der Waals surface area (Å²) in [6.45, 7) is 4.70. The highest BCUT2D eigenvalue weighted by atomic mass is 16.5. The van der Waals surface area contributed by atoms with Crippen LogP contribution in [0.2, 0.25) is 0 Å². The van der Waals surface area contributed by atoms with Gasteiger partial charge >= 0.3 is 0 Å². The van der Waals surface area contributed by atoms with Crippen molar-refractivity contribution < 1.29 is 4.52 Å². The van der Waals surface area contributed by atoms with E-state index in [4.69, 9.17) is 4.52 Å². The largest absolute Gasteiger partial charge is 0.334 e. The first-order chi connectivity index (χ1) is 10.8. The summed E-state index contributed by atoms with van der Waals surface area (Å²) >= 11 is 0. The molecule has 1 saturated heterocycles. The molecule has 0 amide bonds. The summed E-state index contributed by atoms with van der Waals surface area (Å²) in [7, 11) is 0. The summed E-state index contributed by atoms with van der Waals surface area (Å²) < 4.78 is 7.37. The van der Waals surface area contributed by atoms with E-state index in [0.717, 1.165) is 24.5 Å². The van der Waals surface area contributed by atoms with Crippen LogP contribution in [0.5, 0.6) is 0 Å². The molecule has 112 valence electrons. The maximum absolute atomic E-state index is 5.37. The topological polar surface area (TPSA) is 60.0 Å². The Balaban J connectivity index is 1.39. The maximum atomic E-state index is 5.37. The number of aromatic nitrogens is 4. The van der Waals surface area contributed by atoms with Gasteiger partial charge in [-0.15, -0.1) is 0 Å². The van der Waals surface area contributed by atoms with Gasteiger partial charge in [-0.3, -0.25) is 9.58 Å². The number of hydrogen-bond acceptors (Lipinski definition) is 5. The normalized spacial score (nSPS) is 15.9. The zero-order chi connectivity index (χ0) is 14.9. The van der Waals surface area contributed by atoms with Gasteiger partial charge in [0, 0.05) is 31.0 Å². The summed E-state index contributed by atoms with van der Waals surface area (Å²) in [5.41, 5.74) is 2.15. The monoisotopic (exact) mass is 295 g/mol. The van der Waals surface area contributed by atoms with Gasteiger partial charge in [0.1, 0.15) is 0 Å². The second-order valence-corrected chi connectivity index (χ2v) is 5.72. The lowest BCUT2D eigenvalue weighted by molar-refractivity contribution is 0.0872. The smallest absolute Gasteiger partial charge is 0.257 e. The first kappa shape index (κ1) is 13.2. The number of nitrogens with zero attached hydrogens (tertiary/aromatic N) is 5. The fraction of sp³-hybridized carbons (Fsp3) is 0.312. The van der Waals surface area contributed by atoms with E-state index in [9.17, 15) is 0 Å². The number of benzene rings is 1. The van der Waals surface area contributed by atoms with Crippen molar-refractivity contribution in [3.8, 4) is 11.5 Å². The molecule has 3 heterocycles. The molecule has 0 atom stereocenters. The first-order valence-corrected chi connectivity index (χ1v) is 7.39. The fourth-order valence-corrected chi connectivity index (χ4v) is 2.75. The molecular weight excluding hydrogens is 278 g/mol. The molecular formula is C16H17N5O. The molecule has 0 spiro atoms. The summed E-state index contributed by atoms with van der Waals surface area (Å²) in [5, 5.41) is 8.35. The lowest BCUT2D eigenvalue weighted by Crippen LogP contribution is -2.47. The van der Waals surface area contributed by atoms with E-state index < -0.39 is 0 Å². The van der Waals surface area contributed by atoms with Crippen LogP contribution in [0.15, 0.2) is 47.2 Å². The molecule has 0 aliphatic carbocycles. The SMILES string of the molecule is Cc1cccc(-c2nc(CN3CC(n4cccn4)C3)no2)c1. The molecule has 1 aliphatic heterocycles. The average molecular weight is 295 g/mol. The van der Waals surface area contributed by atoms with Crippen LogP contribution >= 0.6 is 0 Å². The Hall–Kier alpha value is -2.47. The molecule has 0 radical (unpaired) electrons. The van der Waals surface area contributed by atoms with Gasteiger partial charge in [-0.2, -0.15) is 10.1 Å². The van der Waals surface area contributed by atoms with E-state index >= 15 is 0 Å². The van der Waals surface area contributed by atoms with E-state index in [0.29, 0.717) is 18.5 Å². The van der Waals surface area contributed by atoms with Gasteiger partial charge in [0.15, 0.2) is 5.82 Å². The highest BCUT2D eigenvalue weighted by Crippen LogP contribution is 2.23. The molecule has 22 heavy (non-hydrogen) atoms. The average Bonchev–Trinajstić information content (AvgIpc) is 3.14. The fourth-order valence-electron chi connectivity index (χ4n) is 2.75. The summed E-state index contributed by atoms with van der Waals surface area (Å²) in [6, 6.07) is 10.5. The quantitative estimate of drug-likeness (QED) is 0.739. The van der Waals surface area contributed by atoms with Crippen molar-refractivity contribution in [2.45, 2.75) is 19.5 Å². The Morgan fingerprint density at radius 2 is 2.18 bits per heavy atom. The van der Waals surface area contributed by atoms with Crippen LogP contribution in [0.1, 0.15) is 17.4 Å². The zero-order valence-electron chi connectivity index (χ0n) is 12.4. The van der Waals surface area contributed by atoms with Crippen molar-refractivity contribution in [2.24, 2.45) is 0 Å². The third-order valence-corrected chi connectivity index (χ3v) is 3.94. The molecule has 1 aliphatic rings. The molecule has 1 aromatic carbocycles. The van der Waals surface area contributed by atoms with Crippen molar-refractivity contribution in [1.82, 2.24) is 24.8 Å². The molecule has 6 heteroatoms. The van der Waals surface area contributed by atoms with E-state index in [2.05, 4.69) is 39.2 Å². The van der Waals surface area contributed by atoms with Gasteiger partial charge in [0.2, 0.25) is 0 Å². The van der Waals surface area contributed by atoms with Crippen LogP contribution in [0, 0.1) is 6.92 Å². The Morgan fingerprint density at radius 3 is 2.95 bits per heavy atom. The van der Waals surface area contributed by atoms with E-state index in [1.165, 1.54) is 5.56 Å². The Kier molecular flexibility index (Phi) is 3.23. The van der Waals surface area contributed by atoms with Crippen LogP contribution in [0.4, 0.5) is 0 Å². The number of aryl methyl sites for hydroxylation is 1. The van der Waals surface area contributed by atoms with E-state index in [1.54, 1.807) is 0 Å². The first-order valence-electron chi connectivity index (χ1n) is 7.39. The lowest BCUT2D eigenvalue weighted by atomic mass is 10.1. The lowest BCUT2D eigenvalue weighted by Gasteiger charge is -2.38. The zero-order valence-corrected chi connectivity index (χ0v) is 12.4. The third kappa shape index (κ3) is 2.53. The van der Waals surface area contributed by atoms with E-state index in [-0.39, 0.29) is 0 Å². The van der Waals surface area contributed by atoms with Crippen LogP contribution in [-0.2, 0) is 6.54 Å². The minimum absolute atomic E-state index is 0.457. The Morgan fingerprint density at radius 1 is 1.27 bits per heavy atom. The van der Waals surface area contributed by atoms with Crippen molar-refractivity contribution in [2.75, 3.05) is 13.1 Å². The number of likely N-dealkylation sites (tertiary alicyclic amines) is 1. The second-order valence-electron chi connectivity index (χ2n) is 5.72. The van der Waals surface area contributed by atoms with E-state index in [1.807, 2.05) is 35.3 Å². The van der Waals surface area contributed by atoms with Crippen LogP contribution in [-0.4, -0.2) is 37.9 Å². The number of rotatable bonds is 4. The number of hydrogen-bond donors (Lipinski definition) is 0. The third-order valence-electron chi connectivity index (χ3n) is 3.94. The molecule has 0 bridgehead atoms.